The summed E-state index contributed by atoms with van der Waals surface area (Å²) >= 11 is 0. The third kappa shape index (κ3) is 2.39. The number of nitrogens with two attached hydrogens (primary N) is 1. The van der Waals surface area contributed by atoms with Crippen LogP contribution in [0.4, 0.5) is 5.82 Å². The molecular weight excluding hydrogens is 218 g/mol. The monoisotopic (exact) mass is 235 g/mol. The molecule has 1 saturated heterocycles. The molecule has 1 aromatic rings. The van der Waals surface area contributed by atoms with Crippen molar-refractivity contribution in [2.45, 2.75) is 31.9 Å². The number of carbonyl (C=O) groups excluding carboxylic acids is 1. The predicted molar refractivity (Wildman–Crippen MR) is 64.6 cm³/mol. The third-order valence-electron chi connectivity index (χ3n) is 3.33. The molecule has 0 spiro atoms. The minimum Gasteiger partial charge on any atom is -0.384 e. The molecule has 1 aliphatic rings. The molecule has 2 heterocycles. The number of hydrogen-bond acceptors (Lipinski definition) is 4. The van der Waals surface area contributed by atoms with E-state index in [1.807, 2.05) is 13.8 Å². The number of nitrogens with zero attached hydrogens (tertiary/aromatic N) is 1. The lowest BCUT2D eigenvalue weighted by Crippen LogP contribution is -2.50. The Labute approximate surface area is 100 Å². The molecule has 1 aromatic heterocycles. The summed E-state index contributed by atoms with van der Waals surface area (Å²) in [7, 11) is 0. The molecule has 17 heavy (non-hydrogen) atoms. The van der Waals surface area contributed by atoms with Crippen LogP contribution in [0.1, 0.15) is 30.6 Å². The lowest BCUT2D eigenvalue weighted by molar-refractivity contribution is 0.0727. The summed E-state index contributed by atoms with van der Waals surface area (Å²) in [6.45, 7) is 4.64. The molecule has 0 aliphatic carbocycles. The molecule has 92 valence electrons. The molecule has 0 radical (unpaired) electrons. The van der Waals surface area contributed by atoms with Crippen molar-refractivity contribution in [3.8, 4) is 0 Å². The van der Waals surface area contributed by atoms with Crippen molar-refractivity contribution in [1.29, 1.82) is 0 Å². The maximum atomic E-state index is 12.1. The Morgan fingerprint density at radius 3 is 3.06 bits per heavy atom. The summed E-state index contributed by atoms with van der Waals surface area (Å²) in [5, 5.41) is 3.00. The first kappa shape index (κ1) is 11.9. The predicted octanol–water partition coefficient (Wildman–Crippen LogP) is 0.961. The highest BCUT2D eigenvalue weighted by atomic mass is 16.5. The van der Waals surface area contributed by atoms with E-state index in [0.29, 0.717) is 18.0 Å². The van der Waals surface area contributed by atoms with Crippen LogP contribution < -0.4 is 11.1 Å². The summed E-state index contributed by atoms with van der Waals surface area (Å²) in [6, 6.07) is 3.22. The normalized spacial score (nSPS) is 28.0. The van der Waals surface area contributed by atoms with E-state index in [2.05, 4.69) is 10.3 Å². The molecule has 5 heteroatoms. The van der Waals surface area contributed by atoms with Gasteiger partial charge in [0, 0.05) is 18.4 Å². The average Bonchev–Trinajstić information content (AvgIpc) is 2.59. The second kappa shape index (κ2) is 4.33. The smallest absolute Gasteiger partial charge is 0.251 e. The van der Waals surface area contributed by atoms with Crippen molar-refractivity contribution in [2.24, 2.45) is 0 Å². The molecule has 1 amide bonds. The highest BCUT2D eigenvalue weighted by Crippen LogP contribution is 2.25. The summed E-state index contributed by atoms with van der Waals surface area (Å²) in [6.07, 6.45) is 2.37. The maximum absolute atomic E-state index is 12.1. The standard InChI is InChI=1S/C12H17N3O2/c1-8-12(2,4-6-17-8)15-11(16)9-3-5-14-10(13)7-9/h3,5,7-8H,4,6H2,1-2H3,(H2,13,14)(H,15,16). The van der Waals surface area contributed by atoms with Crippen LogP contribution in [0.5, 0.6) is 0 Å². The number of nitrogens with one attached hydrogen (secondary N) is 1. The largest absolute Gasteiger partial charge is 0.384 e. The Bertz CT molecular complexity index is 436. The van der Waals surface area contributed by atoms with Gasteiger partial charge in [-0.05, 0) is 32.4 Å². The van der Waals surface area contributed by atoms with Crippen LogP contribution in [0, 0.1) is 0 Å². The summed E-state index contributed by atoms with van der Waals surface area (Å²) < 4.78 is 5.48. The van der Waals surface area contributed by atoms with E-state index in [9.17, 15) is 4.79 Å². The Kier molecular flexibility index (Phi) is 3.02. The van der Waals surface area contributed by atoms with Gasteiger partial charge in [-0.25, -0.2) is 4.98 Å². The zero-order valence-electron chi connectivity index (χ0n) is 10.1. The molecule has 2 atom stereocenters. The highest BCUT2D eigenvalue weighted by Gasteiger charge is 2.38. The van der Waals surface area contributed by atoms with Gasteiger partial charge in [-0.2, -0.15) is 0 Å². The first-order chi connectivity index (χ1) is 8.01. The quantitative estimate of drug-likeness (QED) is 0.800. The Hall–Kier alpha value is -1.62. The van der Waals surface area contributed by atoms with Crippen molar-refractivity contribution >= 4 is 11.7 Å². The first-order valence-corrected chi connectivity index (χ1v) is 5.67. The van der Waals surface area contributed by atoms with Gasteiger partial charge < -0.3 is 15.8 Å². The van der Waals surface area contributed by atoms with Crippen LogP contribution in [-0.2, 0) is 4.74 Å². The van der Waals surface area contributed by atoms with Crippen molar-refractivity contribution in [1.82, 2.24) is 10.3 Å². The van der Waals surface area contributed by atoms with Crippen LogP contribution in [0.25, 0.3) is 0 Å². The highest BCUT2D eigenvalue weighted by molar-refractivity contribution is 5.95. The van der Waals surface area contributed by atoms with Crippen LogP contribution in [0.15, 0.2) is 18.3 Å². The molecule has 2 unspecified atom stereocenters. The molecule has 0 aromatic carbocycles. The summed E-state index contributed by atoms with van der Waals surface area (Å²) in [5.41, 5.74) is 5.76. The second-order valence-electron chi connectivity index (χ2n) is 4.60. The minimum absolute atomic E-state index is 0.0191. The van der Waals surface area contributed by atoms with Crippen molar-refractivity contribution in [2.75, 3.05) is 12.3 Å². The minimum atomic E-state index is -0.310. The molecule has 0 bridgehead atoms. The Balaban J connectivity index is 2.12. The van der Waals surface area contributed by atoms with E-state index in [4.69, 9.17) is 10.5 Å². The zero-order valence-corrected chi connectivity index (χ0v) is 10.1. The molecule has 1 aliphatic heterocycles. The number of carbonyl (C=O) groups is 1. The first-order valence-electron chi connectivity index (χ1n) is 5.67. The van der Waals surface area contributed by atoms with E-state index >= 15 is 0 Å². The van der Waals surface area contributed by atoms with E-state index in [1.165, 1.54) is 6.20 Å². The molecule has 3 N–H and O–H groups in total. The molecular formula is C12H17N3O2. The molecule has 1 fully saturated rings. The van der Waals surface area contributed by atoms with Gasteiger partial charge in [0.2, 0.25) is 0 Å². The van der Waals surface area contributed by atoms with Gasteiger partial charge in [0.1, 0.15) is 5.82 Å². The van der Waals surface area contributed by atoms with Crippen molar-refractivity contribution in [3.05, 3.63) is 23.9 Å². The van der Waals surface area contributed by atoms with Gasteiger partial charge in [0.15, 0.2) is 0 Å². The number of hydrogen-bond donors (Lipinski definition) is 2. The summed E-state index contributed by atoms with van der Waals surface area (Å²) in [5.74, 6) is 0.206. The number of nitrogen functional groups attached to an aromatic ring is 1. The van der Waals surface area contributed by atoms with Gasteiger partial charge >= 0.3 is 0 Å². The summed E-state index contributed by atoms with van der Waals surface area (Å²) in [4.78, 5) is 15.9. The number of aromatic nitrogens is 1. The van der Waals surface area contributed by atoms with Gasteiger partial charge in [0.25, 0.3) is 5.91 Å². The van der Waals surface area contributed by atoms with Crippen LogP contribution in [-0.4, -0.2) is 29.1 Å². The SMILES string of the molecule is CC1OCCC1(C)NC(=O)c1ccnc(N)c1. The van der Waals surface area contributed by atoms with Gasteiger partial charge in [-0.1, -0.05) is 0 Å². The number of amides is 1. The molecule has 5 nitrogen and oxygen atoms in total. The van der Waals surface area contributed by atoms with Crippen LogP contribution >= 0.6 is 0 Å². The topological polar surface area (TPSA) is 77.2 Å². The van der Waals surface area contributed by atoms with Gasteiger partial charge in [-0.15, -0.1) is 0 Å². The van der Waals surface area contributed by atoms with E-state index in [1.54, 1.807) is 12.1 Å². The average molecular weight is 235 g/mol. The lowest BCUT2D eigenvalue weighted by Gasteiger charge is -2.28. The number of rotatable bonds is 2. The number of ether oxygens (including phenoxy) is 1. The Morgan fingerprint density at radius 2 is 2.47 bits per heavy atom. The number of pyridine rings is 1. The maximum Gasteiger partial charge on any atom is 0.251 e. The fourth-order valence-corrected chi connectivity index (χ4v) is 1.92. The van der Waals surface area contributed by atoms with E-state index in [-0.39, 0.29) is 17.6 Å². The van der Waals surface area contributed by atoms with Crippen LogP contribution in [0.3, 0.4) is 0 Å². The zero-order chi connectivity index (χ0) is 12.5. The molecule has 0 saturated carbocycles. The van der Waals surface area contributed by atoms with Gasteiger partial charge in [0.05, 0.1) is 11.6 Å². The number of anilines is 1. The van der Waals surface area contributed by atoms with Gasteiger partial charge in [-0.3, -0.25) is 4.79 Å². The molecule has 2 rings (SSSR count). The van der Waals surface area contributed by atoms with E-state index < -0.39 is 0 Å². The van der Waals surface area contributed by atoms with E-state index in [0.717, 1.165) is 6.42 Å². The third-order valence-corrected chi connectivity index (χ3v) is 3.33. The fourth-order valence-electron chi connectivity index (χ4n) is 1.92. The second-order valence-corrected chi connectivity index (χ2v) is 4.60. The van der Waals surface area contributed by atoms with Crippen molar-refractivity contribution < 1.29 is 9.53 Å². The van der Waals surface area contributed by atoms with Crippen molar-refractivity contribution in [3.63, 3.8) is 0 Å². The Morgan fingerprint density at radius 1 is 1.71 bits per heavy atom. The van der Waals surface area contributed by atoms with Crippen LogP contribution in [0.2, 0.25) is 0 Å². The fraction of sp³-hybridized carbons (Fsp3) is 0.500. The lowest BCUT2D eigenvalue weighted by atomic mass is 9.94.